The third-order valence-corrected chi connectivity index (χ3v) is 1.86. The molecule has 0 spiro atoms. The van der Waals surface area contributed by atoms with Crippen molar-refractivity contribution in [1.29, 1.82) is 0 Å². The molecule has 0 unspecified atom stereocenters. The lowest BCUT2D eigenvalue weighted by atomic mass is 10.3. The van der Waals surface area contributed by atoms with Crippen molar-refractivity contribution in [2.24, 2.45) is 0 Å². The summed E-state index contributed by atoms with van der Waals surface area (Å²) in [4.78, 5) is 0. The molecule has 2 heteroatoms. The molecule has 0 aliphatic rings. The number of benzene rings is 1. The summed E-state index contributed by atoms with van der Waals surface area (Å²) in [5, 5.41) is 0. The second kappa shape index (κ2) is 3.35. The Labute approximate surface area is 77.4 Å². The van der Waals surface area contributed by atoms with E-state index < -0.39 is 0 Å². The van der Waals surface area contributed by atoms with E-state index in [4.69, 9.17) is 4.74 Å². The number of rotatable bonds is 2. The van der Waals surface area contributed by atoms with Gasteiger partial charge in [0, 0.05) is 12.4 Å². The minimum Gasteiger partial charge on any atom is -0.496 e. The molecule has 0 saturated carbocycles. The van der Waals surface area contributed by atoms with Gasteiger partial charge in [0.2, 0.25) is 0 Å². The van der Waals surface area contributed by atoms with E-state index in [0.717, 1.165) is 11.4 Å². The van der Waals surface area contributed by atoms with Crippen LogP contribution < -0.4 is 4.74 Å². The van der Waals surface area contributed by atoms with Crippen LogP contribution in [0.1, 0.15) is 0 Å². The third kappa shape index (κ3) is 1.56. The highest BCUT2D eigenvalue weighted by Crippen LogP contribution is 2.14. The van der Waals surface area contributed by atoms with Crippen molar-refractivity contribution in [2.75, 3.05) is 7.11 Å². The van der Waals surface area contributed by atoms with Crippen molar-refractivity contribution in [2.45, 2.75) is 0 Å². The fourth-order valence-electron chi connectivity index (χ4n) is 1.20. The van der Waals surface area contributed by atoms with Gasteiger partial charge in [-0.15, -0.1) is 0 Å². The Morgan fingerprint density at radius 1 is 1.15 bits per heavy atom. The molecule has 1 radical (unpaired) electrons. The van der Waals surface area contributed by atoms with Crippen LogP contribution in [-0.2, 0) is 0 Å². The van der Waals surface area contributed by atoms with Crippen molar-refractivity contribution in [1.82, 2.24) is 4.57 Å². The van der Waals surface area contributed by atoms with E-state index in [1.807, 2.05) is 47.3 Å². The highest BCUT2D eigenvalue weighted by Gasteiger charge is 1.96. The normalized spacial score (nSPS) is 9.92. The zero-order valence-electron chi connectivity index (χ0n) is 7.40. The third-order valence-electron chi connectivity index (χ3n) is 1.86. The molecule has 2 rings (SSSR count). The number of hydrogen-bond donors (Lipinski definition) is 0. The minimum atomic E-state index is 0.756. The predicted molar refractivity (Wildman–Crippen MR) is 51.2 cm³/mol. The summed E-state index contributed by atoms with van der Waals surface area (Å²) >= 11 is 0. The van der Waals surface area contributed by atoms with Crippen LogP contribution in [0.15, 0.2) is 42.7 Å². The average molecular weight is 172 g/mol. The minimum absolute atomic E-state index is 0.756. The van der Waals surface area contributed by atoms with Gasteiger partial charge in [-0.05, 0) is 24.3 Å². The summed E-state index contributed by atoms with van der Waals surface area (Å²) in [6.07, 6.45) is 3.95. The monoisotopic (exact) mass is 172 g/mol. The van der Waals surface area contributed by atoms with E-state index in [2.05, 4.69) is 6.07 Å². The lowest BCUT2D eigenvalue weighted by Gasteiger charge is -2.03. The number of nitrogens with zero attached hydrogens (tertiary/aromatic N) is 1. The van der Waals surface area contributed by atoms with Crippen LogP contribution in [0.3, 0.4) is 0 Å². The number of hydrogen-bond acceptors (Lipinski definition) is 1. The maximum atomic E-state index is 5.08. The Hall–Kier alpha value is -1.70. The van der Waals surface area contributed by atoms with Crippen LogP contribution in [0, 0.1) is 6.07 Å². The zero-order chi connectivity index (χ0) is 9.10. The summed E-state index contributed by atoms with van der Waals surface area (Å²) in [5.41, 5.74) is 0.990. The standard InChI is InChI=1S/C11H10NO/c1-13-11-6-4-5-10(9-11)12-7-2-3-8-12/h2-8H,1H3. The van der Waals surface area contributed by atoms with Crippen molar-refractivity contribution >= 4 is 0 Å². The van der Waals surface area contributed by atoms with E-state index in [9.17, 15) is 0 Å². The van der Waals surface area contributed by atoms with E-state index in [1.165, 1.54) is 0 Å². The number of ether oxygens (including phenoxy) is 1. The maximum Gasteiger partial charge on any atom is 0.129 e. The lowest BCUT2D eigenvalue weighted by Crippen LogP contribution is -1.91. The van der Waals surface area contributed by atoms with Crippen LogP contribution in [0.2, 0.25) is 0 Å². The maximum absolute atomic E-state index is 5.08. The van der Waals surface area contributed by atoms with Crippen LogP contribution in [0.4, 0.5) is 0 Å². The van der Waals surface area contributed by atoms with Crippen LogP contribution >= 0.6 is 0 Å². The molecule has 0 amide bonds. The second-order valence-corrected chi connectivity index (χ2v) is 2.69. The summed E-state index contributed by atoms with van der Waals surface area (Å²) in [6.45, 7) is 0. The Kier molecular flexibility index (Phi) is 2.04. The first-order chi connectivity index (χ1) is 6.40. The number of methoxy groups -OCH3 is 1. The quantitative estimate of drug-likeness (QED) is 0.677. The van der Waals surface area contributed by atoms with Crippen molar-refractivity contribution in [3.63, 3.8) is 0 Å². The lowest BCUT2D eigenvalue weighted by molar-refractivity contribution is 0.413. The molecule has 0 aliphatic carbocycles. The van der Waals surface area contributed by atoms with Crippen LogP contribution in [0.25, 0.3) is 5.69 Å². The predicted octanol–water partition coefficient (Wildman–Crippen LogP) is 2.29. The van der Waals surface area contributed by atoms with Gasteiger partial charge in [-0.25, -0.2) is 0 Å². The first-order valence-electron chi connectivity index (χ1n) is 4.10. The van der Waals surface area contributed by atoms with E-state index in [0.29, 0.717) is 0 Å². The van der Waals surface area contributed by atoms with Gasteiger partial charge in [0.05, 0.1) is 18.9 Å². The Balaban J connectivity index is 2.41. The van der Waals surface area contributed by atoms with Gasteiger partial charge < -0.3 is 9.30 Å². The van der Waals surface area contributed by atoms with Gasteiger partial charge in [-0.3, -0.25) is 0 Å². The van der Waals surface area contributed by atoms with Crippen molar-refractivity contribution < 1.29 is 4.74 Å². The highest BCUT2D eigenvalue weighted by molar-refractivity contribution is 5.37. The van der Waals surface area contributed by atoms with Gasteiger partial charge in [0.1, 0.15) is 5.75 Å². The van der Waals surface area contributed by atoms with Crippen molar-refractivity contribution in [3.8, 4) is 11.4 Å². The zero-order valence-corrected chi connectivity index (χ0v) is 7.40. The molecule has 0 saturated heterocycles. The summed E-state index contributed by atoms with van der Waals surface area (Å²) in [6, 6.07) is 12.9. The first kappa shape index (κ1) is 7.92. The molecule has 0 N–H and O–H groups in total. The van der Waals surface area contributed by atoms with E-state index >= 15 is 0 Å². The van der Waals surface area contributed by atoms with Gasteiger partial charge in [0.25, 0.3) is 0 Å². The summed E-state index contributed by atoms with van der Waals surface area (Å²) < 4.78 is 7.07. The molecule has 2 nitrogen and oxygen atoms in total. The largest absolute Gasteiger partial charge is 0.496 e. The Bertz CT molecular complexity index is 379. The Morgan fingerprint density at radius 3 is 2.62 bits per heavy atom. The van der Waals surface area contributed by atoms with Crippen LogP contribution in [-0.4, -0.2) is 11.7 Å². The van der Waals surface area contributed by atoms with Gasteiger partial charge in [-0.1, -0.05) is 6.07 Å². The molecule has 0 bridgehead atoms. The summed E-state index contributed by atoms with van der Waals surface area (Å²) in [7, 11) is 1.64. The molecule has 0 fully saturated rings. The average Bonchev–Trinajstić information content (AvgIpc) is 2.71. The summed E-state index contributed by atoms with van der Waals surface area (Å²) in [5.74, 6) is 0.756. The van der Waals surface area contributed by atoms with Gasteiger partial charge >= 0.3 is 0 Å². The van der Waals surface area contributed by atoms with Gasteiger partial charge in [0.15, 0.2) is 0 Å². The fourth-order valence-corrected chi connectivity index (χ4v) is 1.20. The van der Waals surface area contributed by atoms with Crippen molar-refractivity contribution in [3.05, 3.63) is 48.8 Å². The molecule has 0 atom stereocenters. The molecular weight excluding hydrogens is 162 g/mol. The van der Waals surface area contributed by atoms with Gasteiger partial charge in [-0.2, -0.15) is 0 Å². The van der Waals surface area contributed by atoms with E-state index in [-0.39, 0.29) is 0 Å². The first-order valence-corrected chi connectivity index (χ1v) is 4.10. The Morgan fingerprint density at radius 2 is 1.92 bits per heavy atom. The fraction of sp³-hybridized carbons (Fsp3) is 0.0909. The van der Waals surface area contributed by atoms with Crippen LogP contribution in [0.5, 0.6) is 5.75 Å². The molecule has 13 heavy (non-hydrogen) atoms. The molecular formula is C11H10NO. The molecule has 1 aromatic carbocycles. The van der Waals surface area contributed by atoms with E-state index in [1.54, 1.807) is 7.11 Å². The smallest absolute Gasteiger partial charge is 0.129 e. The highest BCUT2D eigenvalue weighted by atomic mass is 16.5. The molecule has 1 heterocycles. The second-order valence-electron chi connectivity index (χ2n) is 2.69. The molecule has 0 aliphatic heterocycles. The number of aromatic nitrogens is 1. The molecule has 2 aromatic rings. The molecule has 1 aromatic heterocycles. The topological polar surface area (TPSA) is 14.2 Å². The molecule has 65 valence electrons. The SMILES string of the molecule is COc1[c]c(-n2cccc2)ccc1.